The first kappa shape index (κ1) is 16.3. The molecule has 8 nitrogen and oxygen atoms in total. The van der Waals surface area contributed by atoms with Crippen LogP contribution >= 0.6 is 11.6 Å². The summed E-state index contributed by atoms with van der Waals surface area (Å²) in [5.41, 5.74) is 0.143. The summed E-state index contributed by atoms with van der Waals surface area (Å²) in [6, 6.07) is 0. The van der Waals surface area contributed by atoms with Gasteiger partial charge in [-0.1, -0.05) is 20.3 Å². The summed E-state index contributed by atoms with van der Waals surface area (Å²) in [5, 5.41) is 0.931. The van der Waals surface area contributed by atoms with Crippen molar-refractivity contribution in [2.24, 2.45) is 0 Å². The molecule has 1 aromatic heterocycles. The van der Waals surface area contributed by atoms with Crippen LogP contribution in [-0.2, 0) is 14.4 Å². The van der Waals surface area contributed by atoms with E-state index in [4.69, 9.17) is 16.4 Å². The molecule has 120 valence electrons. The number of hydrogen-bond donors (Lipinski definition) is 1. The van der Waals surface area contributed by atoms with Crippen molar-refractivity contribution < 1.29 is 19.2 Å². The van der Waals surface area contributed by atoms with Crippen LogP contribution in [0.3, 0.4) is 0 Å². The highest BCUT2D eigenvalue weighted by Gasteiger charge is 2.35. The Labute approximate surface area is 132 Å². The van der Waals surface area contributed by atoms with Crippen LogP contribution in [0.5, 0.6) is 0 Å². The summed E-state index contributed by atoms with van der Waals surface area (Å²) in [7, 11) is 0. The molecule has 0 fully saturated rings. The molecule has 0 radical (unpaired) electrons. The lowest BCUT2D eigenvalue weighted by Gasteiger charge is -2.33. The number of imidazole rings is 1. The molecule has 1 aliphatic rings. The second-order valence-electron chi connectivity index (χ2n) is 4.82. The molecule has 0 saturated heterocycles. The van der Waals surface area contributed by atoms with E-state index in [-0.39, 0.29) is 24.1 Å². The van der Waals surface area contributed by atoms with Gasteiger partial charge in [-0.25, -0.2) is 4.79 Å². The lowest BCUT2D eigenvalue weighted by atomic mass is 10.2. The summed E-state index contributed by atoms with van der Waals surface area (Å²) in [5.74, 6) is -1.90. The number of carbonyl (C=O) groups is 3. The number of H-pyrrole nitrogens is 1. The number of amides is 1. The Morgan fingerprint density at radius 1 is 1.41 bits per heavy atom. The van der Waals surface area contributed by atoms with Crippen LogP contribution in [0, 0.1) is 0 Å². The summed E-state index contributed by atoms with van der Waals surface area (Å²) in [6.45, 7) is 4.21. The molecular weight excluding hydrogens is 312 g/mol. The van der Waals surface area contributed by atoms with E-state index >= 15 is 0 Å². The summed E-state index contributed by atoms with van der Waals surface area (Å²) >= 11 is 5.82. The van der Waals surface area contributed by atoms with Gasteiger partial charge in [0.2, 0.25) is 11.1 Å². The highest BCUT2D eigenvalue weighted by Crippen LogP contribution is 2.27. The SMILES string of the molecule is CCCCN1CN(OC(=O)C(=O)CC)C(=O)c2[nH]c(Cl)nc21. The van der Waals surface area contributed by atoms with Gasteiger partial charge in [0.15, 0.2) is 11.5 Å². The quantitative estimate of drug-likeness (QED) is 0.795. The number of hydroxylamine groups is 2. The van der Waals surface area contributed by atoms with E-state index in [0.717, 1.165) is 17.9 Å². The maximum absolute atomic E-state index is 12.3. The molecule has 22 heavy (non-hydrogen) atoms. The summed E-state index contributed by atoms with van der Waals surface area (Å²) < 4.78 is 0. The lowest BCUT2D eigenvalue weighted by Crippen LogP contribution is -2.48. The molecule has 1 aliphatic heterocycles. The molecule has 1 N–H and O–H groups in total. The maximum atomic E-state index is 12.3. The Bertz CT molecular complexity index is 601. The van der Waals surface area contributed by atoms with Gasteiger partial charge in [-0.2, -0.15) is 4.98 Å². The van der Waals surface area contributed by atoms with Crippen molar-refractivity contribution in [1.29, 1.82) is 0 Å². The fraction of sp³-hybridized carbons (Fsp3) is 0.538. The minimum Gasteiger partial charge on any atom is -0.334 e. The number of fused-ring (bicyclic) bond motifs is 1. The molecule has 0 atom stereocenters. The normalized spacial score (nSPS) is 14.0. The highest BCUT2D eigenvalue weighted by molar-refractivity contribution is 6.33. The van der Waals surface area contributed by atoms with Gasteiger partial charge >= 0.3 is 11.9 Å². The number of rotatable bonds is 6. The Morgan fingerprint density at radius 2 is 2.14 bits per heavy atom. The van der Waals surface area contributed by atoms with Crippen LogP contribution in [0.4, 0.5) is 5.82 Å². The monoisotopic (exact) mass is 328 g/mol. The predicted molar refractivity (Wildman–Crippen MR) is 78.3 cm³/mol. The maximum Gasteiger partial charge on any atom is 0.398 e. The first-order chi connectivity index (χ1) is 10.5. The molecule has 9 heteroatoms. The zero-order valence-electron chi connectivity index (χ0n) is 12.4. The number of carbonyl (C=O) groups excluding carboxylic acids is 3. The van der Waals surface area contributed by atoms with Gasteiger partial charge in [0.05, 0.1) is 0 Å². The molecule has 2 rings (SSSR count). The van der Waals surface area contributed by atoms with Gasteiger partial charge in [-0.3, -0.25) is 9.59 Å². The molecule has 0 unspecified atom stereocenters. The third kappa shape index (κ3) is 3.22. The summed E-state index contributed by atoms with van der Waals surface area (Å²) in [6.07, 6.45) is 1.83. The van der Waals surface area contributed by atoms with E-state index < -0.39 is 17.7 Å². The average Bonchev–Trinajstić information content (AvgIpc) is 2.90. The topological polar surface area (TPSA) is 95.6 Å². The standard InChI is InChI=1S/C13H17ClN4O4/c1-3-5-6-17-7-18(22-12(21)8(19)4-2)11(20)9-10(17)16-13(14)15-9/h3-7H2,1-2H3,(H,15,16). The van der Waals surface area contributed by atoms with Crippen molar-refractivity contribution >= 4 is 35.1 Å². The zero-order valence-corrected chi connectivity index (χ0v) is 13.1. The molecule has 0 bridgehead atoms. The van der Waals surface area contributed by atoms with Gasteiger partial charge in [0.1, 0.15) is 6.67 Å². The van der Waals surface area contributed by atoms with E-state index in [2.05, 4.69) is 9.97 Å². The Kier molecular flexibility index (Phi) is 5.02. The fourth-order valence-corrected chi connectivity index (χ4v) is 2.19. The minimum atomic E-state index is -1.06. The van der Waals surface area contributed by atoms with Crippen molar-refractivity contribution in [3.8, 4) is 0 Å². The first-order valence-corrected chi connectivity index (χ1v) is 7.43. The van der Waals surface area contributed by atoms with Gasteiger partial charge < -0.3 is 14.7 Å². The van der Waals surface area contributed by atoms with Crippen molar-refractivity contribution in [3.63, 3.8) is 0 Å². The van der Waals surface area contributed by atoms with Crippen LogP contribution in [0.1, 0.15) is 43.6 Å². The predicted octanol–water partition coefficient (Wildman–Crippen LogP) is 1.52. The first-order valence-electron chi connectivity index (χ1n) is 7.05. The Morgan fingerprint density at radius 3 is 2.77 bits per heavy atom. The number of aromatic amines is 1. The second kappa shape index (κ2) is 6.78. The molecule has 0 aromatic carbocycles. The number of aromatic nitrogens is 2. The highest BCUT2D eigenvalue weighted by atomic mass is 35.5. The van der Waals surface area contributed by atoms with Gasteiger partial charge in [0.25, 0.3) is 0 Å². The van der Waals surface area contributed by atoms with E-state index in [9.17, 15) is 14.4 Å². The molecule has 2 heterocycles. The van der Waals surface area contributed by atoms with Crippen LogP contribution < -0.4 is 4.90 Å². The minimum absolute atomic E-state index is 0.00967. The van der Waals surface area contributed by atoms with Crippen LogP contribution in [0.2, 0.25) is 5.28 Å². The summed E-state index contributed by atoms with van der Waals surface area (Å²) in [4.78, 5) is 48.6. The van der Waals surface area contributed by atoms with Crippen molar-refractivity contribution in [2.75, 3.05) is 18.1 Å². The molecular formula is C13H17ClN4O4. The Balaban J connectivity index is 2.22. The largest absolute Gasteiger partial charge is 0.398 e. The number of Topliss-reactive ketones (excluding diaryl/α,β-unsaturated/α-hetero) is 1. The van der Waals surface area contributed by atoms with Crippen LogP contribution in [-0.4, -0.2) is 45.9 Å². The third-order valence-corrected chi connectivity index (χ3v) is 3.40. The number of nitrogens with zero attached hydrogens (tertiary/aromatic N) is 3. The molecule has 1 amide bonds. The van der Waals surface area contributed by atoms with E-state index in [1.807, 2.05) is 6.92 Å². The van der Waals surface area contributed by atoms with Gasteiger partial charge in [-0.05, 0) is 18.0 Å². The van der Waals surface area contributed by atoms with E-state index in [0.29, 0.717) is 12.4 Å². The van der Waals surface area contributed by atoms with Gasteiger partial charge in [0, 0.05) is 13.0 Å². The number of nitrogens with one attached hydrogen (secondary N) is 1. The molecule has 1 aromatic rings. The number of ketones is 1. The second-order valence-corrected chi connectivity index (χ2v) is 5.18. The van der Waals surface area contributed by atoms with E-state index in [1.54, 1.807) is 11.8 Å². The van der Waals surface area contributed by atoms with E-state index in [1.165, 1.54) is 0 Å². The number of unbranched alkanes of at least 4 members (excludes halogenated alkanes) is 1. The molecule has 0 aliphatic carbocycles. The number of anilines is 1. The van der Waals surface area contributed by atoms with Crippen molar-refractivity contribution in [3.05, 3.63) is 11.0 Å². The Hall–Kier alpha value is -2.09. The lowest BCUT2D eigenvalue weighted by molar-refractivity contribution is -0.181. The molecule has 0 saturated carbocycles. The third-order valence-electron chi connectivity index (χ3n) is 3.22. The smallest absolute Gasteiger partial charge is 0.334 e. The number of halogens is 1. The number of hydrogen-bond acceptors (Lipinski definition) is 6. The van der Waals surface area contributed by atoms with Crippen LogP contribution in [0.15, 0.2) is 0 Å². The molecule has 0 spiro atoms. The fourth-order valence-electron chi connectivity index (χ4n) is 2.02. The average molecular weight is 329 g/mol. The zero-order chi connectivity index (χ0) is 16.3. The van der Waals surface area contributed by atoms with Gasteiger partial charge in [-0.15, -0.1) is 5.06 Å². The van der Waals surface area contributed by atoms with Crippen LogP contribution in [0.25, 0.3) is 0 Å². The van der Waals surface area contributed by atoms with Crippen molar-refractivity contribution in [1.82, 2.24) is 15.0 Å². The van der Waals surface area contributed by atoms with Crippen molar-refractivity contribution in [2.45, 2.75) is 33.1 Å².